The molecule has 1 aromatic rings. The van der Waals surface area contributed by atoms with Gasteiger partial charge in [-0.3, -0.25) is 52.7 Å². The molecule has 0 saturated carbocycles. The number of likely N-dealkylation sites (tertiary alicyclic amines) is 2. The number of carbonyl (C=O) groups is 12. The summed E-state index contributed by atoms with van der Waals surface area (Å²) >= 11 is 0. The van der Waals surface area contributed by atoms with Gasteiger partial charge in [-0.05, 0) is 100 Å². The molecule has 0 radical (unpaired) electrons. The Morgan fingerprint density at radius 3 is 1.87 bits per heavy atom. The smallest absolute Gasteiger partial charge is 0.328 e. The molecule has 27 nitrogen and oxygen atoms in total. The molecule has 3 aliphatic rings. The van der Waals surface area contributed by atoms with Crippen molar-refractivity contribution in [2.24, 2.45) is 23.5 Å². The Bertz CT molecular complexity index is 2450. The first-order valence-corrected chi connectivity index (χ1v) is 29.9. The van der Waals surface area contributed by atoms with Crippen molar-refractivity contribution in [3.8, 4) is 0 Å². The lowest BCUT2D eigenvalue weighted by atomic mass is 9.95. The normalized spacial score (nSPS) is 19.0. The summed E-state index contributed by atoms with van der Waals surface area (Å²) in [6.07, 6.45) is 4.65. The molecular weight excluding hydrogens is 1100 g/mol. The lowest BCUT2D eigenvalue weighted by Crippen LogP contribution is -2.61. The van der Waals surface area contributed by atoms with Crippen LogP contribution in [0.4, 0.5) is 0 Å². The maximum Gasteiger partial charge on any atom is 0.328 e. The third kappa shape index (κ3) is 22.3. The second-order valence-electron chi connectivity index (χ2n) is 22.8. The second-order valence-corrected chi connectivity index (χ2v) is 22.8. The van der Waals surface area contributed by atoms with Crippen molar-refractivity contribution in [1.82, 2.24) is 57.7 Å². The van der Waals surface area contributed by atoms with Crippen LogP contribution in [0, 0.1) is 17.8 Å². The lowest BCUT2D eigenvalue weighted by Gasteiger charge is -2.32. The molecule has 13 N–H and O–H groups in total. The van der Waals surface area contributed by atoms with Gasteiger partial charge in [-0.1, -0.05) is 78.3 Å². The molecule has 0 aliphatic carbocycles. The van der Waals surface area contributed by atoms with Crippen LogP contribution < -0.4 is 53.6 Å². The Morgan fingerprint density at radius 1 is 0.659 bits per heavy atom. The molecule has 0 unspecified atom stereocenters. The number of aliphatic hydroxyl groups is 2. The first-order valence-electron chi connectivity index (χ1n) is 29.9. The fraction of sp³-hybridized carbons (Fsp3) is 0.690. The summed E-state index contributed by atoms with van der Waals surface area (Å²) in [6, 6.07) is -1.11. The van der Waals surface area contributed by atoms with Crippen molar-refractivity contribution < 1.29 is 72.5 Å². The fourth-order valence-electron chi connectivity index (χ4n) is 10.3. The van der Waals surface area contributed by atoms with Gasteiger partial charge in [0.05, 0.1) is 26.3 Å². The Morgan fingerprint density at radius 2 is 1.26 bits per heavy atom. The van der Waals surface area contributed by atoms with Gasteiger partial charge in [0.15, 0.2) is 0 Å². The molecule has 3 fully saturated rings. The van der Waals surface area contributed by atoms with Gasteiger partial charge >= 0.3 is 5.97 Å². The molecule has 0 aromatic heterocycles. The predicted molar refractivity (Wildman–Crippen MR) is 309 cm³/mol. The summed E-state index contributed by atoms with van der Waals surface area (Å²) in [5.74, 6) is -9.03. The van der Waals surface area contributed by atoms with Gasteiger partial charge in [0.25, 0.3) is 0 Å². The number of nitrogens with one attached hydrogen (secondary N) is 9. The first-order chi connectivity index (χ1) is 40.5. The van der Waals surface area contributed by atoms with E-state index in [1.807, 2.05) is 26.8 Å². The number of amides is 11. The fourth-order valence-corrected chi connectivity index (χ4v) is 10.3. The van der Waals surface area contributed by atoms with Crippen LogP contribution in [0.25, 0.3) is 0 Å². The Balaban J connectivity index is 1.35. The zero-order chi connectivity index (χ0) is 62.8. The quantitative estimate of drug-likeness (QED) is 0.0254. The SMILES string of the molecule is CC[C@H](C)[C@H](NC(=O)[C@@H](NC(=O)[C@H](CCCCN)NC(=O)[C@H](CO)NC(=O)CNC(=O)CNC(=O)[C@@H]1CCCN1C(=O)[C@@H]1CCCN1C(=O)[C@@H]1CCC(=O)N1)C(C)C)C(=O)N[C@@H](CC(C)C)C(=O)N[C@@H](Cc1ccccc1)C(=O)OCCCCO. The highest BCUT2D eigenvalue weighted by Gasteiger charge is 2.45. The minimum atomic E-state index is -1.62. The standard InChI is InChI=1S/C58H92N12O15/c1-7-36(6)49(55(81)65-40(29-34(2)3)51(77)66-41(30-37-17-9-8-10-18-37)58(84)85-28-14-13-27-71)68-54(80)48(35(4)5)67-50(76)38(19-11-12-24-59)64-52(78)42(33-72)63-47(75)32-60-46(74)31-61-53(79)43-20-15-25-69(43)57(83)44-21-16-26-70(44)56(82)39-22-23-45(73)62-39/h8-10,17-18,34-36,38-44,48-49,71-72H,7,11-16,19-33,59H2,1-6H3,(H,60,74)(H,61,79)(H,62,73)(H,63,75)(H,64,78)(H,65,81)(H,66,77)(H,67,76)(H,68,80)/t36-,38-,39-,40-,41-,42-,43-,44-,48-,49-/m0/s1. The monoisotopic (exact) mass is 1200 g/mol. The van der Waals surface area contributed by atoms with E-state index in [-0.39, 0.29) is 69.7 Å². The number of benzene rings is 1. The summed E-state index contributed by atoms with van der Waals surface area (Å²) in [5, 5.41) is 42.7. The number of hydrogen-bond acceptors (Lipinski definition) is 16. The second kappa shape index (κ2) is 35.9. The molecule has 3 aliphatic heterocycles. The van der Waals surface area contributed by atoms with Crippen molar-refractivity contribution in [3.05, 3.63) is 35.9 Å². The predicted octanol–water partition coefficient (Wildman–Crippen LogP) is -2.18. The van der Waals surface area contributed by atoms with Crippen LogP contribution in [-0.4, -0.2) is 198 Å². The number of unbranched alkanes of at least 4 members (excludes halogenated alkanes) is 2. The van der Waals surface area contributed by atoms with Gasteiger partial charge in [-0.15, -0.1) is 0 Å². The van der Waals surface area contributed by atoms with Gasteiger partial charge in [0, 0.05) is 32.5 Å². The van der Waals surface area contributed by atoms with E-state index in [4.69, 9.17) is 10.5 Å². The van der Waals surface area contributed by atoms with Crippen molar-refractivity contribution in [3.63, 3.8) is 0 Å². The highest BCUT2D eigenvalue weighted by Crippen LogP contribution is 2.27. The Labute approximate surface area is 497 Å². The molecule has 3 heterocycles. The number of carbonyl (C=O) groups excluding carboxylic acids is 12. The van der Waals surface area contributed by atoms with Gasteiger partial charge in [0.2, 0.25) is 65.0 Å². The lowest BCUT2D eigenvalue weighted by molar-refractivity contribution is -0.148. The molecule has 474 valence electrons. The maximum atomic E-state index is 14.3. The molecule has 27 heteroatoms. The van der Waals surface area contributed by atoms with Crippen LogP contribution >= 0.6 is 0 Å². The highest BCUT2D eigenvalue weighted by molar-refractivity contribution is 5.99. The van der Waals surface area contributed by atoms with Crippen LogP contribution in [0.5, 0.6) is 0 Å². The molecule has 4 rings (SSSR count). The van der Waals surface area contributed by atoms with Crippen LogP contribution in [0.2, 0.25) is 0 Å². The molecule has 0 spiro atoms. The molecule has 85 heavy (non-hydrogen) atoms. The minimum Gasteiger partial charge on any atom is -0.464 e. The summed E-state index contributed by atoms with van der Waals surface area (Å²) in [5.41, 5.74) is 6.48. The molecule has 3 saturated heterocycles. The van der Waals surface area contributed by atoms with E-state index >= 15 is 0 Å². The maximum absolute atomic E-state index is 14.3. The third-order valence-corrected chi connectivity index (χ3v) is 15.3. The Kier molecular flexibility index (Phi) is 29.7. The number of esters is 1. The molecule has 11 amide bonds. The van der Waals surface area contributed by atoms with Gasteiger partial charge < -0.3 is 78.3 Å². The summed E-state index contributed by atoms with van der Waals surface area (Å²) < 4.78 is 5.45. The highest BCUT2D eigenvalue weighted by atomic mass is 16.5. The topological polar surface area (TPSA) is 395 Å². The minimum absolute atomic E-state index is 0.0205. The van der Waals surface area contributed by atoms with Crippen LogP contribution in [0.3, 0.4) is 0 Å². The summed E-state index contributed by atoms with van der Waals surface area (Å²) in [7, 11) is 0. The Hall–Kier alpha value is -7.26. The molecule has 10 atom stereocenters. The zero-order valence-corrected chi connectivity index (χ0v) is 50.0. The van der Waals surface area contributed by atoms with E-state index in [0.29, 0.717) is 70.8 Å². The third-order valence-electron chi connectivity index (χ3n) is 15.3. The van der Waals surface area contributed by atoms with Crippen LogP contribution in [0.1, 0.15) is 131 Å². The van der Waals surface area contributed by atoms with Crippen molar-refractivity contribution in [2.45, 2.75) is 186 Å². The van der Waals surface area contributed by atoms with E-state index in [9.17, 15) is 67.7 Å². The average Bonchev–Trinajstić information content (AvgIpc) is 4.51. The van der Waals surface area contributed by atoms with Crippen LogP contribution in [-0.2, 0) is 68.7 Å². The number of rotatable bonds is 35. The zero-order valence-electron chi connectivity index (χ0n) is 50.0. The largest absolute Gasteiger partial charge is 0.464 e. The van der Waals surface area contributed by atoms with E-state index in [1.165, 1.54) is 9.80 Å². The van der Waals surface area contributed by atoms with E-state index < -0.39 is 145 Å². The summed E-state index contributed by atoms with van der Waals surface area (Å²) in [4.78, 5) is 164. The first kappa shape index (κ1) is 70.2. The van der Waals surface area contributed by atoms with E-state index in [0.717, 1.165) is 5.56 Å². The number of hydrogen-bond donors (Lipinski definition) is 12. The number of nitrogens with zero attached hydrogens (tertiary/aromatic N) is 2. The number of ether oxygens (including phenoxy) is 1. The van der Waals surface area contributed by atoms with E-state index in [2.05, 4.69) is 47.9 Å². The van der Waals surface area contributed by atoms with Crippen LogP contribution in [0.15, 0.2) is 30.3 Å². The van der Waals surface area contributed by atoms with Crippen molar-refractivity contribution in [1.29, 1.82) is 0 Å². The molecule has 1 aromatic carbocycles. The van der Waals surface area contributed by atoms with Gasteiger partial charge in [-0.2, -0.15) is 0 Å². The van der Waals surface area contributed by atoms with Crippen molar-refractivity contribution >= 4 is 70.9 Å². The summed E-state index contributed by atoms with van der Waals surface area (Å²) in [6.45, 7) is 9.17. The van der Waals surface area contributed by atoms with Gasteiger partial charge in [-0.25, -0.2) is 4.79 Å². The van der Waals surface area contributed by atoms with E-state index in [1.54, 1.807) is 45.0 Å². The molecular formula is C58H92N12O15. The average molecular weight is 1200 g/mol. The van der Waals surface area contributed by atoms with Crippen molar-refractivity contribution in [2.75, 3.05) is 52.5 Å². The molecule has 0 bridgehead atoms. The van der Waals surface area contributed by atoms with Gasteiger partial charge in [0.1, 0.15) is 54.4 Å². The number of aliphatic hydroxyl groups excluding tert-OH is 2. The number of nitrogens with two attached hydrogens (primary N) is 1.